The van der Waals surface area contributed by atoms with E-state index in [4.69, 9.17) is 16.3 Å². The number of rotatable bonds is 5. The van der Waals surface area contributed by atoms with Crippen molar-refractivity contribution in [2.75, 3.05) is 6.61 Å². The summed E-state index contributed by atoms with van der Waals surface area (Å²) >= 11 is 10.7. The molecule has 0 atom stereocenters. The zero-order chi connectivity index (χ0) is 16.7. The van der Waals surface area contributed by atoms with Crippen LogP contribution in [0.2, 0.25) is 5.02 Å². The van der Waals surface area contributed by atoms with E-state index in [1.165, 1.54) is 17.4 Å². The van der Waals surface area contributed by atoms with E-state index >= 15 is 0 Å². The number of amides is 2. The van der Waals surface area contributed by atoms with Crippen LogP contribution in [0, 0.1) is 0 Å². The van der Waals surface area contributed by atoms with Crippen LogP contribution >= 0.6 is 38.9 Å². The Morgan fingerprint density at radius 3 is 2.83 bits per heavy atom. The highest BCUT2D eigenvalue weighted by Gasteiger charge is 2.07. The lowest BCUT2D eigenvalue weighted by atomic mass is 10.3. The third-order valence-corrected chi connectivity index (χ3v) is 4.15. The van der Waals surface area contributed by atoms with E-state index in [0.717, 1.165) is 9.35 Å². The van der Waals surface area contributed by atoms with Gasteiger partial charge < -0.3 is 4.74 Å². The Morgan fingerprint density at radius 1 is 1.30 bits per heavy atom. The second-order valence-electron chi connectivity index (χ2n) is 4.25. The number of nitrogens with one attached hydrogen (secondary N) is 2. The van der Waals surface area contributed by atoms with Gasteiger partial charge in [-0.2, -0.15) is 0 Å². The number of hydrogen-bond donors (Lipinski definition) is 2. The number of thiophene rings is 1. The van der Waals surface area contributed by atoms with Gasteiger partial charge in [-0.1, -0.05) is 33.6 Å². The summed E-state index contributed by atoms with van der Waals surface area (Å²) < 4.78 is 6.08. The molecule has 0 bridgehead atoms. The molecule has 0 saturated heterocycles. The molecule has 0 aliphatic rings. The number of halogens is 2. The van der Waals surface area contributed by atoms with Crippen LogP contribution in [0.25, 0.3) is 6.08 Å². The highest BCUT2D eigenvalue weighted by atomic mass is 79.9. The molecule has 2 rings (SSSR count). The number of carbonyl (C=O) groups excluding carboxylic acids is 2. The molecule has 0 unspecified atom stereocenters. The second-order valence-corrected chi connectivity index (χ2v) is 6.55. The van der Waals surface area contributed by atoms with Crippen molar-refractivity contribution in [1.82, 2.24) is 10.9 Å². The summed E-state index contributed by atoms with van der Waals surface area (Å²) in [5.41, 5.74) is 4.51. The summed E-state index contributed by atoms with van der Waals surface area (Å²) in [6.45, 7) is -0.268. The van der Waals surface area contributed by atoms with Crippen molar-refractivity contribution in [2.45, 2.75) is 0 Å². The van der Waals surface area contributed by atoms with E-state index in [1.807, 2.05) is 17.5 Å². The number of hydrogen-bond acceptors (Lipinski definition) is 4. The maximum absolute atomic E-state index is 11.6. The van der Waals surface area contributed by atoms with E-state index in [0.29, 0.717) is 10.8 Å². The Labute approximate surface area is 150 Å². The van der Waals surface area contributed by atoms with Gasteiger partial charge in [0, 0.05) is 15.4 Å². The van der Waals surface area contributed by atoms with E-state index in [9.17, 15) is 9.59 Å². The second kappa shape index (κ2) is 8.71. The smallest absolute Gasteiger partial charge is 0.276 e. The summed E-state index contributed by atoms with van der Waals surface area (Å²) in [6, 6.07) is 8.81. The lowest BCUT2D eigenvalue weighted by molar-refractivity contribution is -0.128. The summed E-state index contributed by atoms with van der Waals surface area (Å²) in [7, 11) is 0. The lowest BCUT2D eigenvalue weighted by Gasteiger charge is -2.09. The Balaban J connectivity index is 1.73. The van der Waals surface area contributed by atoms with Gasteiger partial charge in [-0.3, -0.25) is 20.4 Å². The zero-order valence-electron chi connectivity index (χ0n) is 11.7. The Morgan fingerprint density at radius 2 is 2.13 bits per heavy atom. The van der Waals surface area contributed by atoms with Crippen molar-refractivity contribution in [2.24, 2.45) is 0 Å². The molecular weight excluding hydrogens is 404 g/mol. The molecular formula is C15H12BrClN2O3S. The number of benzene rings is 1. The fourth-order valence-electron chi connectivity index (χ4n) is 1.49. The minimum Gasteiger partial charge on any atom is -0.482 e. The van der Waals surface area contributed by atoms with Crippen molar-refractivity contribution >= 4 is 56.8 Å². The molecule has 120 valence electrons. The predicted octanol–water partition coefficient (Wildman–Crippen LogP) is 3.40. The van der Waals surface area contributed by atoms with Gasteiger partial charge in [-0.15, -0.1) is 11.3 Å². The van der Waals surface area contributed by atoms with E-state index in [-0.39, 0.29) is 6.61 Å². The Kier molecular flexibility index (Phi) is 6.64. The quantitative estimate of drug-likeness (QED) is 0.581. The molecule has 1 heterocycles. The molecule has 1 aromatic heterocycles. The van der Waals surface area contributed by atoms with Crippen LogP contribution in [0.5, 0.6) is 5.75 Å². The summed E-state index contributed by atoms with van der Waals surface area (Å²) in [5, 5.41) is 2.29. The maximum atomic E-state index is 11.6. The highest BCUT2D eigenvalue weighted by molar-refractivity contribution is 9.10. The topological polar surface area (TPSA) is 67.4 Å². The largest absolute Gasteiger partial charge is 0.482 e. The molecule has 2 amide bonds. The summed E-state index contributed by atoms with van der Waals surface area (Å²) in [4.78, 5) is 24.1. The van der Waals surface area contributed by atoms with Crippen molar-refractivity contribution in [3.63, 3.8) is 0 Å². The molecule has 8 heteroatoms. The average molecular weight is 416 g/mol. The average Bonchev–Trinajstić information content (AvgIpc) is 3.03. The molecule has 1 aromatic carbocycles. The van der Waals surface area contributed by atoms with Gasteiger partial charge in [0.1, 0.15) is 5.75 Å². The van der Waals surface area contributed by atoms with Crippen molar-refractivity contribution < 1.29 is 14.3 Å². The van der Waals surface area contributed by atoms with Crippen LogP contribution in [0.15, 0.2) is 46.3 Å². The van der Waals surface area contributed by atoms with Crippen LogP contribution < -0.4 is 15.6 Å². The fraction of sp³-hybridized carbons (Fsp3) is 0.0667. The molecule has 2 aromatic rings. The van der Waals surface area contributed by atoms with Gasteiger partial charge in [-0.05, 0) is 35.7 Å². The molecule has 23 heavy (non-hydrogen) atoms. The Hall–Kier alpha value is -1.83. The van der Waals surface area contributed by atoms with Gasteiger partial charge >= 0.3 is 0 Å². The summed E-state index contributed by atoms with van der Waals surface area (Å²) in [5.74, 6) is -0.552. The van der Waals surface area contributed by atoms with Crippen molar-refractivity contribution in [3.05, 3.63) is 56.2 Å². The van der Waals surface area contributed by atoms with Crippen LogP contribution in [0.3, 0.4) is 0 Å². The normalized spacial score (nSPS) is 10.5. The van der Waals surface area contributed by atoms with Gasteiger partial charge in [-0.25, -0.2) is 0 Å². The number of carbonyl (C=O) groups is 2. The lowest BCUT2D eigenvalue weighted by Crippen LogP contribution is -2.43. The molecule has 0 fully saturated rings. The molecule has 0 saturated carbocycles. The molecule has 2 N–H and O–H groups in total. The Bertz CT molecular complexity index is 720. The third-order valence-electron chi connectivity index (χ3n) is 2.52. The first-order valence-corrected chi connectivity index (χ1v) is 8.48. The molecule has 0 aliphatic carbocycles. The minimum atomic E-state index is -0.498. The van der Waals surface area contributed by atoms with Gasteiger partial charge in [0.15, 0.2) is 6.61 Å². The zero-order valence-corrected chi connectivity index (χ0v) is 14.9. The molecule has 0 radical (unpaired) electrons. The maximum Gasteiger partial charge on any atom is 0.276 e. The SMILES string of the molecule is O=C(C=Cc1cccs1)NNC(=O)COc1ccc(Br)cc1Cl. The van der Waals surface area contributed by atoms with Crippen LogP contribution in [0.4, 0.5) is 0 Å². The van der Waals surface area contributed by atoms with Crippen LogP contribution in [-0.4, -0.2) is 18.4 Å². The van der Waals surface area contributed by atoms with Crippen LogP contribution in [-0.2, 0) is 9.59 Å². The monoisotopic (exact) mass is 414 g/mol. The van der Waals surface area contributed by atoms with Crippen molar-refractivity contribution in [1.29, 1.82) is 0 Å². The van der Waals surface area contributed by atoms with Gasteiger partial charge in [0.05, 0.1) is 5.02 Å². The van der Waals surface area contributed by atoms with Crippen molar-refractivity contribution in [3.8, 4) is 5.75 Å². The molecule has 0 spiro atoms. The number of hydrazine groups is 1. The molecule has 5 nitrogen and oxygen atoms in total. The first kappa shape index (κ1) is 17.5. The van der Waals surface area contributed by atoms with E-state index < -0.39 is 11.8 Å². The first-order chi connectivity index (χ1) is 11.0. The summed E-state index contributed by atoms with van der Waals surface area (Å²) in [6.07, 6.45) is 2.99. The fourth-order valence-corrected chi connectivity index (χ4v) is 2.83. The minimum absolute atomic E-state index is 0.268. The van der Waals surface area contributed by atoms with E-state index in [2.05, 4.69) is 26.8 Å². The third kappa shape index (κ3) is 6.05. The van der Waals surface area contributed by atoms with Gasteiger partial charge in [0.2, 0.25) is 0 Å². The first-order valence-electron chi connectivity index (χ1n) is 6.43. The highest BCUT2D eigenvalue weighted by Crippen LogP contribution is 2.27. The standard InChI is InChI=1S/C15H12BrClN2O3S/c16-10-3-5-13(12(17)8-10)22-9-15(21)19-18-14(20)6-4-11-2-1-7-23-11/h1-8H,9H2,(H,18,20)(H,19,21). The predicted molar refractivity (Wildman–Crippen MR) is 94.3 cm³/mol. The van der Waals surface area contributed by atoms with E-state index in [1.54, 1.807) is 24.3 Å². The van der Waals surface area contributed by atoms with Gasteiger partial charge in [0.25, 0.3) is 11.8 Å². The number of ether oxygens (including phenoxy) is 1. The van der Waals surface area contributed by atoms with Crippen LogP contribution in [0.1, 0.15) is 4.88 Å². The molecule has 0 aliphatic heterocycles.